The van der Waals surface area contributed by atoms with E-state index >= 15 is 0 Å². The number of halogens is 1. The Balaban J connectivity index is 1.93. The molecule has 0 atom stereocenters. The molecule has 3 rings (SSSR count). The summed E-state index contributed by atoms with van der Waals surface area (Å²) in [7, 11) is 0. The van der Waals surface area contributed by atoms with Crippen LogP contribution in [0.15, 0.2) is 16.6 Å². The van der Waals surface area contributed by atoms with Gasteiger partial charge >= 0.3 is 0 Å². The summed E-state index contributed by atoms with van der Waals surface area (Å²) in [6.07, 6.45) is 2.50. The lowest BCUT2D eigenvalue weighted by molar-refractivity contribution is 0.151. The van der Waals surface area contributed by atoms with E-state index in [2.05, 4.69) is 15.9 Å². The first-order chi connectivity index (χ1) is 7.16. The van der Waals surface area contributed by atoms with Crippen LogP contribution in [0.5, 0.6) is 11.5 Å². The summed E-state index contributed by atoms with van der Waals surface area (Å²) in [5.74, 6) is 1.53. The van der Waals surface area contributed by atoms with E-state index in [1.165, 1.54) is 0 Å². The van der Waals surface area contributed by atoms with Gasteiger partial charge in [0, 0.05) is 6.42 Å². The summed E-state index contributed by atoms with van der Waals surface area (Å²) in [4.78, 5) is 0. The quantitative estimate of drug-likeness (QED) is 0.896. The van der Waals surface area contributed by atoms with Crippen LogP contribution < -0.4 is 9.47 Å². The monoisotopic (exact) mass is 270 g/mol. The van der Waals surface area contributed by atoms with Crippen LogP contribution in [0.4, 0.5) is 0 Å². The molecular formula is C11H11BrO3. The van der Waals surface area contributed by atoms with Gasteiger partial charge in [-0.15, -0.1) is 0 Å². The van der Waals surface area contributed by atoms with Gasteiger partial charge in [-0.3, -0.25) is 0 Å². The van der Waals surface area contributed by atoms with Gasteiger partial charge in [0.1, 0.15) is 0 Å². The van der Waals surface area contributed by atoms with Crippen LogP contribution in [0.3, 0.4) is 0 Å². The van der Waals surface area contributed by atoms with Crippen LogP contribution >= 0.6 is 15.9 Å². The molecule has 0 aromatic heterocycles. The van der Waals surface area contributed by atoms with Crippen LogP contribution in [0.25, 0.3) is 0 Å². The highest BCUT2D eigenvalue weighted by atomic mass is 79.9. The van der Waals surface area contributed by atoms with Gasteiger partial charge in [0.05, 0.1) is 10.1 Å². The Labute approximate surface area is 96.1 Å². The molecule has 0 radical (unpaired) electrons. The molecular weight excluding hydrogens is 260 g/mol. The molecule has 0 spiro atoms. The third-order valence-electron chi connectivity index (χ3n) is 2.85. The molecule has 1 aliphatic carbocycles. The first-order valence-electron chi connectivity index (χ1n) is 4.97. The summed E-state index contributed by atoms with van der Waals surface area (Å²) in [6.45, 7) is 0.279. The SMILES string of the molecule is OC1(Cc2cc(Br)c3c(c2)OCO3)CC1. The van der Waals surface area contributed by atoms with Crippen LogP contribution in [-0.2, 0) is 6.42 Å². The molecule has 1 saturated carbocycles. The summed E-state index contributed by atoms with van der Waals surface area (Å²) in [5.41, 5.74) is 0.624. The molecule has 1 heterocycles. The average Bonchev–Trinajstić information content (AvgIpc) is 2.73. The highest BCUT2D eigenvalue weighted by molar-refractivity contribution is 9.10. The fourth-order valence-electron chi connectivity index (χ4n) is 1.82. The maximum Gasteiger partial charge on any atom is 0.231 e. The van der Waals surface area contributed by atoms with Crippen molar-refractivity contribution in [2.24, 2.45) is 0 Å². The molecule has 4 heteroatoms. The number of hydrogen-bond acceptors (Lipinski definition) is 3. The molecule has 15 heavy (non-hydrogen) atoms. The van der Waals surface area contributed by atoms with E-state index in [0.29, 0.717) is 6.42 Å². The van der Waals surface area contributed by atoms with Crippen molar-refractivity contribution in [1.82, 2.24) is 0 Å². The Morgan fingerprint density at radius 1 is 1.33 bits per heavy atom. The van der Waals surface area contributed by atoms with Gasteiger partial charge in [-0.25, -0.2) is 0 Å². The lowest BCUT2D eigenvalue weighted by atomic mass is 10.1. The Morgan fingerprint density at radius 3 is 2.87 bits per heavy atom. The van der Waals surface area contributed by atoms with E-state index in [-0.39, 0.29) is 6.79 Å². The second kappa shape index (κ2) is 3.12. The van der Waals surface area contributed by atoms with Crippen LogP contribution in [0.2, 0.25) is 0 Å². The average molecular weight is 271 g/mol. The molecule has 80 valence electrons. The third kappa shape index (κ3) is 1.72. The second-order valence-electron chi connectivity index (χ2n) is 4.21. The number of benzene rings is 1. The van der Waals surface area contributed by atoms with Gasteiger partial charge in [-0.1, -0.05) is 0 Å². The molecule has 3 nitrogen and oxygen atoms in total. The van der Waals surface area contributed by atoms with Gasteiger partial charge in [-0.2, -0.15) is 0 Å². The smallest absolute Gasteiger partial charge is 0.231 e. The normalized spacial score (nSPS) is 20.4. The summed E-state index contributed by atoms with van der Waals surface area (Å²) >= 11 is 3.44. The Kier molecular flexibility index (Phi) is 1.97. The number of hydrogen-bond donors (Lipinski definition) is 1. The van der Waals surface area contributed by atoms with Crippen molar-refractivity contribution in [1.29, 1.82) is 0 Å². The Morgan fingerprint density at radius 2 is 2.13 bits per heavy atom. The van der Waals surface area contributed by atoms with Crippen LogP contribution in [0, 0.1) is 0 Å². The molecule has 0 saturated heterocycles. The summed E-state index contributed by atoms with van der Waals surface area (Å²) < 4.78 is 11.5. The molecule has 1 aliphatic heterocycles. The highest BCUT2D eigenvalue weighted by Gasteiger charge is 2.40. The lowest BCUT2D eigenvalue weighted by Gasteiger charge is -2.09. The number of fused-ring (bicyclic) bond motifs is 1. The summed E-state index contributed by atoms with van der Waals surface area (Å²) in [6, 6.07) is 3.94. The highest BCUT2D eigenvalue weighted by Crippen LogP contribution is 2.43. The lowest BCUT2D eigenvalue weighted by Crippen LogP contribution is -2.10. The van der Waals surface area contributed by atoms with E-state index < -0.39 is 5.60 Å². The second-order valence-corrected chi connectivity index (χ2v) is 5.07. The third-order valence-corrected chi connectivity index (χ3v) is 3.44. The first kappa shape index (κ1) is 9.48. The van der Waals surface area contributed by atoms with Gasteiger partial charge in [0.15, 0.2) is 11.5 Å². The van der Waals surface area contributed by atoms with Crippen molar-refractivity contribution < 1.29 is 14.6 Å². The van der Waals surface area contributed by atoms with Gasteiger partial charge in [-0.05, 0) is 46.5 Å². The zero-order valence-corrected chi connectivity index (χ0v) is 9.71. The standard InChI is InChI=1S/C11H11BrO3/c12-8-3-7(5-11(13)1-2-11)4-9-10(8)15-6-14-9/h3-4,13H,1-2,5-6H2. The van der Waals surface area contributed by atoms with Gasteiger partial charge < -0.3 is 14.6 Å². The molecule has 0 amide bonds. The van der Waals surface area contributed by atoms with E-state index in [9.17, 15) is 5.11 Å². The number of ether oxygens (including phenoxy) is 2. The van der Waals surface area contributed by atoms with Crippen molar-refractivity contribution in [3.63, 3.8) is 0 Å². The van der Waals surface area contributed by atoms with Crippen molar-refractivity contribution in [2.75, 3.05) is 6.79 Å². The van der Waals surface area contributed by atoms with E-state index in [1.54, 1.807) is 0 Å². The molecule has 0 unspecified atom stereocenters. The van der Waals surface area contributed by atoms with E-state index in [0.717, 1.165) is 34.4 Å². The van der Waals surface area contributed by atoms with Crippen molar-refractivity contribution in [2.45, 2.75) is 24.9 Å². The summed E-state index contributed by atoms with van der Waals surface area (Å²) in [5, 5.41) is 9.83. The first-order valence-corrected chi connectivity index (χ1v) is 5.76. The maximum absolute atomic E-state index is 9.83. The zero-order chi connectivity index (χ0) is 10.5. The minimum atomic E-state index is -0.465. The van der Waals surface area contributed by atoms with Gasteiger partial charge in [0.2, 0.25) is 6.79 Å². The topological polar surface area (TPSA) is 38.7 Å². The number of rotatable bonds is 2. The van der Waals surface area contributed by atoms with Crippen LogP contribution in [0.1, 0.15) is 18.4 Å². The van der Waals surface area contributed by atoms with E-state index in [1.807, 2.05) is 12.1 Å². The largest absolute Gasteiger partial charge is 0.454 e. The van der Waals surface area contributed by atoms with Crippen molar-refractivity contribution >= 4 is 15.9 Å². The maximum atomic E-state index is 9.83. The molecule has 1 fully saturated rings. The minimum Gasteiger partial charge on any atom is -0.454 e. The molecule has 1 N–H and O–H groups in total. The molecule has 2 aliphatic rings. The molecule has 1 aromatic carbocycles. The Bertz CT molecular complexity index is 413. The number of aliphatic hydroxyl groups is 1. The molecule has 1 aromatic rings. The van der Waals surface area contributed by atoms with Gasteiger partial charge in [0.25, 0.3) is 0 Å². The predicted octanol–water partition coefficient (Wildman–Crippen LogP) is 2.25. The van der Waals surface area contributed by atoms with E-state index in [4.69, 9.17) is 9.47 Å². The van der Waals surface area contributed by atoms with Crippen LogP contribution in [-0.4, -0.2) is 17.5 Å². The fraction of sp³-hybridized carbons (Fsp3) is 0.455. The van der Waals surface area contributed by atoms with Crippen molar-refractivity contribution in [3.05, 3.63) is 22.2 Å². The minimum absolute atomic E-state index is 0.279. The van der Waals surface area contributed by atoms with Crippen molar-refractivity contribution in [3.8, 4) is 11.5 Å². The zero-order valence-electron chi connectivity index (χ0n) is 8.12. The fourth-order valence-corrected chi connectivity index (χ4v) is 2.43. The molecule has 0 bridgehead atoms. The Hall–Kier alpha value is -0.740. The predicted molar refractivity (Wildman–Crippen MR) is 58.2 cm³/mol.